The highest BCUT2D eigenvalue weighted by Gasteiger charge is 2.37. The summed E-state index contributed by atoms with van der Waals surface area (Å²) in [6.07, 6.45) is 4.68. The van der Waals surface area contributed by atoms with Crippen molar-refractivity contribution in [2.45, 2.75) is 104 Å². The van der Waals surface area contributed by atoms with Crippen LogP contribution in [-0.2, 0) is 46.7 Å². The minimum absolute atomic E-state index is 0.0242. The highest BCUT2D eigenvalue weighted by molar-refractivity contribution is 5.89. The van der Waals surface area contributed by atoms with Gasteiger partial charge >= 0.3 is 0 Å². The summed E-state index contributed by atoms with van der Waals surface area (Å²) in [5, 5.41) is 6.49. The molecule has 210 valence electrons. The number of carbonyl (C=O) groups is 3. The van der Waals surface area contributed by atoms with Crippen molar-refractivity contribution in [1.29, 1.82) is 0 Å². The molecule has 0 aromatic heterocycles. The van der Waals surface area contributed by atoms with E-state index in [9.17, 15) is 14.4 Å². The molecule has 1 aliphatic heterocycles. The minimum atomic E-state index is -0.536. The van der Waals surface area contributed by atoms with Gasteiger partial charge in [-0.2, -0.15) is 0 Å². The number of primary amides is 1. The summed E-state index contributed by atoms with van der Waals surface area (Å²) >= 11 is 0. The number of amides is 3. The lowest BCUT2D eigenvalue weighted by Crippen LogP contribution is -2.53. The maximum absolute atomic E-state index is 13.9. The number of nitrogens with two attached hydrogens (primary N) is 1. The van der Waals surface area contributed by atoms with E-state index in [-0.39, 0.29) is 29.2 Å². The number of hydrogen-bond acceptors (Lipinski definition) is 4. The molecular formula is C32H44N4O3. The van der Waals surface area contributed by atoms with E-state index in [1.807, 2.05) is 0 Å². The molecule has 1 aliphatic carbocycles. The van der Waals surface area contributed by atoms with Crippen LogP contribution in [-0.4, -0.2) is 34.7 Å². The van der Waals surface area contributed by atoms with Crippen LogP contribution in [0, 0.1) is 5.41 Å². The third-order valence-corrected chi connectivity index (χ3v) is 7.99. The first kappa shape index (κ1) is 28.8. The van der Waals surface area contributed by atoms with Gasteiger partial charge in [-0.25, -0.2) is 0 Å². The molecule has 0 unspecified atom stereocenters. The van der Waals surface area contributed by atoms with Gasteiger partial charge in [0, 0.05) is 25.9 Å². The van der Waals surface area contributed by atoms with Gasteiger partial charge in [0.1, 0.15) is 6.04 Å². The largest absolute Gasteiger partial charge is 0.368 e. The fraction of sp³-hybridized carbons (Fsp3) is 0.531. The second-order valence-electron chi connectivity index (χ2n) is 12.4. The number of fused-ring (bicyclic) bond motifs is 2. The SMILES string of the molecule is CCc1ccc2c(c1)CN(C(=O)CC(C)(C)C)[C@H](C(=O)N[C@@H]1CCCc3ccc(CN[C@@H](C)C(N)=O)cc31)C2. The fourth-order valence-corrected chi connectivity index (χ4v) is 5.66. The molecule has 0 saturated heterocycles. The Labute approximate surface area is 232 Å². The van der Waals surface area contributed by atoms with Gasteiger partial charge < -0.3 is 21.3 Å². The molecule has 0 fully saturated rings. The highest BCUT2D eigenvalue weighted by atomic mass is 16.2. The minimum Gasteiger partial charge on any atom is -0.368 e. The molecule has 0 radical (unpaired) electrons. The van der Waals surface area contributed by atoms with Crippen molar-refractivity contribution >= 4 is 17.7 Å². The molecular weight excluding hydrogens is 488 g/mol. The van der Waals surface area contributed by atoms with Crippen LogP contribution in [0.4, 0.5) is 0 Å². The lowest BCUT2D eigenvalue weighted by Gasteiger charge is -2.38. The normalized spacial score (nSPS) is 19.6. The standard InChI is InChI=1S/C32H44N4O3/c1-6-21-10-13-24-16-28(36(19-25(24)14-21)29(37)17-32(3,4)5)31(39)35-27-9-7-8-23-12-11-22(15-26(23)27)18-34-20(2)30(33)38/h10-15,20,27-28,34H,6-9,16-19H2,1-5H3,(H2,33,38)(H,35,39)/t20-,27+,28-/m0/s1. The third kappa shape index (κ3) is 7.07. The topological polar surface area (TPSA) is 105 Å². The molecule has 2 aromatic carbocycles. The Morgan fingerprint density at radius 1 is 1.05 bits per heavy atom. The third-order valence-electron chi connectivity index (χ3n) is 7.99. The summed E-state index contributed by atoms with van der Waals surface area (Å²) in [6, 6.07) is 11.7. The average Bonchev–Trinajstić information content (AvgIpc) is 2.89. The second-order valence-corrected chi connectivity index (χ2v) is 12.4. The van der Waals surface area contributed by atoms with Gasteiger partial charge in [-0.3, -0.25) is 14.4 Å². The fourth-order valence-electron chi connectivity index (χ4n) is 5.66. The van der Waals surface area contributed by atoms with Crippen molar-refractivity contribution in [2.75, 3.05) is 0 Å². The Bertz CT molecular complexity index is 1230. The molecule has 39 heavy (non-hydrogen) atoms. The van der Waals surface area contributed by atoms with Crippen molar-refractivity contribution in [3.05, 3.63) is 69.8 Å². The van der Waals surface area contributed by atoms with Gasteiger partial charge in [-0.15, -0.1) is 0 Å². The molecule has 2 aliphatic rings. The van der Waals surface area contributed by atoms with Crippen LogP contribution in [0.1, 0.15) is 93.3 Å². The molecule has 1 heterocycles. The molecule has 7 heteroatoms. The summed E-state index contributed by atoms with van der Waals surface area (Å²) < 4.78 is 0. The first-order chi connectivity index (χ1) is 18.4. The van der Waals surface area contributed by atoms with E-state index in [4.69, 9.17) is 5.73 Å². The van der Waals surface area contributed by atoms with Crippen molar-refractivity contribution in [1.82, 2.24) is 15.5 Å². The molecule has 3 amide bonds. The summed E-state index contributed by atoms with van der Waals surface area (Å²) in [7, 11) is 0. The maximum Gasteiger partial charge on any atom is 0.243 e. The average molecular weight is 533 g/mol. The van der Waals surface area contributed by atoms with Crippen LogP contribution in [0.2, 0.25) is 0 Å². The Balaban J connectivity index is 1.56. The van der Waals surface area contributed by atoms with Gasteiger partial charge in [0.05, 0.1) is 12.1 Å². The van der Waals surface area contributed by atoms with Crippen molar-refractivity contribution in [2.24, 2.45) is 11.1 Å². The van der Waals surface area contributed by atoms with Crippen molar-refractivity contribution < 1.29 is 14.4 Å². The zero-order chi connectivity index (χ0) is 28.3. The van der Waals surface area contributed by atoms with Gasteiger partial charge in [-0.1, -0.05) is 64.1 Å². The molecule has 0 saturated carbocycles. The van der Waals surface area contributed by atoms with Gasteiger partial charge in [0.25, 0.3) is 0 Å². The lowest BCUT2D eigenvalue weighted by molar-refractivity contribution is -0.143. The van der Waals surface area contributed by atoms with E-state index in [2.05, 4.69) is 74.7 Å². The Morgan fingerprint density at radius 3 is 2.46 bits per heavy atom. The summed E-state index contributed by atoms with van der Waals surface area (Å²) in [4.78, 5) is 40.6. The van der Waals surface area contributed by atoms with E-state index in [0.717, 1.165) is 47.9 Å². The molecule has 2 aromatic rings. The summed E-state index contributed by atoms with van der Waals surface area (Å²) in [6.45, 7) is 11.0. The lowest BCUT2D eigenvalue weighted by atomic mass is 9.85. The van der Waals surface area contributed by atoms with Crippen LogP contribution < -0.4 is 16.4 Å². The molecule has 4 N–H and O–H groups in total. The molecule has 3 atom stereocenters. The monoisotopic (exact) mass is 532 g/mol. The molecule has 0 bridgehead atoms. The number of rotatable bonds is 8. The number of nitrogens with one attached hydrogen (secondary N) is 2. The van der Waals surface area contributed by atoms with Crippen molar-refractivity contribution in [3.8, 4) is 0 Å². The van der Waals surface area contributed by atoms with E-state index in [1.54, 1.807) is 11.8 Å². The number of aryl methyl sites for hydroxylation is 2. The van der Waals surface area contributed by atoms with Crippen molar-refractivity contribution in [3.63, 3.8) is 0 Å². The smallest absolute Gasteiger partial charge is 0.243 e. The Morgan fingerprint density at radius 2 is 1.77 bits per heavy atom. The van der Waals surface area contributed by atoms with Crippen LogP contribution >= 0.6 is 0 Å². The predicted molar refractivity (Wildman–Crippen MR) is 154 cm³/mol. The number of carbonyl (C=O) groups excluding carboxylic acids is 3. The van der Waals surface area contributed by atoms with Gasteiger partial charge in [0.15, 0.2) is 0 Å². The molecule has 4 rings (SSSR count). The zero-order valence-electron chi connectivity index (χ0n) is 24.1. The van der Waals surface area contributed by atoms with Crippen LogP contribution in [0.25, 0.3) is 0 Å². The van der Waals surface area contributed by atoms with Gasteiger partial charge in [0.2, 0.25) is 17.7 Å². The first-order valence-electron chi connectivity index (χ1n) is 14.3. The summed E-state index contributed by atoms with van der Waals surface area (Å²) in [5.74, 6) is -0.453. The summed E-state index contributed by atoms with van der Waals surface area (Å²) in [5.41, 5.74) is 12.2. The van der Waals surface area contributed by atoms with Gasteiger partial charge in [-0.05, 0) is 71.4 Å². The predicted octanol–water partition coefficient (Wildman–Crippen LogP) is 4.10. The van der Waals surface area contributed by atoms with E-state index in [0.29, 0.717) is 25.9 Å². The molecule has 0 spiro atoms. The highest BCUT2D eigenvalue weighted by Crippen LogP contribution is 2.33. The van der Waals surface area contributed by atoms with Crippen LogP contribution in [0.5, 0.6) is 0 Å². The van der Waals surface area contributed by atoms with E-state index < -0.39 is 12.1 Å². The van der Waals surface area contributed by atoms with Crippen LogP contribution in [0.15, 0.2) is 36.4 Å². The second kappa shape index (κ2) is 11.9. The Kier molecular flexibility index (Phi) is 8.80. The first-order valence-corrected chi connectivity index (χ1v) is 14.3. The Hall–Kier alpha value is -3.19. The number of nitrogens with zero attached hydrogens (tertiary/aromatic N) is 1. The maximum atomic E-state index is 13.9. The quantitative estimate of drug-likeness (QED) is 0.476. The number of hydrogen-bond donors (Lipinski definition) is 3. The number of benzene rings is 2. The van der Waals surface area contributed by atoms with Crippen LogP contribution in [0.3, 0.4) is 0 Å². The zero-order valence-corrected chi connectivity index (χ0v) is 24.1. The molecule has 7 nitrogen and oxygen atoms in total. The van der Waals surface area contributed by atoms with E-state index in [1.165, 1.54) is 11.1 Å². The van der Waals surface area contributed by atoms with E-state index >= 15 is 0 Å².